The molecule has 3 nitrogen and oxygen atoms in total. The molecule has 0 fully saturated rings. The standard InChI is InChI=1S/C10H11NO2S/c1-13-10(12)8-4-5-11-9(7-8)3-2-6-14/h2-5,7,14H,6H2,1H3. The van der Waals surface area contributed by atoms with Crippen molar-refractivity contribution in [1.82, 2.24) is 4.98 Å². The number of carbonyl (C=O) groups excluding carboxylic acids is 1. The van der Waals surface area contributed by atoms with Crippen molar-refractivity contribution in [3.05, 3.63) is 35.7 Å². The summed E-state index contributed by atoms with van der Waals surface area (Å²) in [4.78, 5) is 15.2. The number of carbonyl (C=O) groups is 1. The van der Waals surface area contributed by atoms with E-state index in [0.717, 1.165) is 5.69 Å². The van der Waals surface area contributed by atoms with Crippen LogP contribution in [-0.4, -0.2) is 23.8 Å². The van der Waals surface area contributed by atoms with Gasteiger partial charge in [-0.2, -0.15) is 12.6 Å². The number of rotatable bonds is 3. The van der Waals surface area contributed by atoms with Crippen molar-refractivity contribution in [3.63, 3.8) is 0 Å². The third kappa shape index (κ3) is 2.88. The lowest BCUT2D eigenvalue weighted by molar-refractivity contribution is 0.0600. The van der Waals surface area contributed by atoms with Crippen LogP contribution in [0.15, 0.2) is 24.4 Å². The summed E-state index contributed by atoms with van der Waals surface area (Å²) >= 11 is 4.03. The Labute approximate surface area is 88.2 Å². The quantitative estimate of drug-likeness (QED) is 0.609. The minimum atomic E-state index is -0.354. The number of esters is 1. The summed E-state index contributed by atoms with van der Waals surface area (Å²) in [7, 11) is 1.35. The van der Waals surface area contributed by atoms with Gasteiger partial charge in [0.05, 0.1) is 18.4 Å². The van der Waals surface area contributed by atoms with E-state index in [1.807, 2.05) is 6.08 Å². The smallest absolute Gasteiger partial charge is 0.337 e. The van der Waals surface area contributed by atoms with Crippen LogP contribution in [0.4, 0.5) is 0 Å². The molecule has 1 rings (SSSR count). The van der Waals surface area contributed by atoms with Crippen LogP contribution < -0.4 is 0 Å². The molecule has 0 aliphatic rings. The molecular formula is C10H11NO2S. The van der Waals surface area contributed by atoms with Crippen molar-refractivity contribution in [1.29, 1.82) is 0 Å². The van der Waals surface area contributed by atoms with Gasteiger partial charge in [-0.15, -0.1) is 0 Å². The fraction of sp³-hybridized carbons (Fsp3) is 0.200. The predicted octanol–water partition coefficient (Wildman–Crippen LogP) is 1.81. The fourth-order valence-corrected chi connectivity index (χ4v) is 1.06. The first-order valence-corrected chi connectivity index (χ1v) is 4.73. The molecule has 0 amide bonds. The maximum absolute atomic E-state index is 11.2. The lowest BCUT2D eigenvalue weighted by Gasteiger charge is -1.99. The summed E-state index contributed by atoms with van der Waals surface area (Å²) < 4.78 is 4.59. The van der Waals surface area contributed by atoms with Crippen molar-refractivity contribution in [3.8, 4) is 0 Å². The number of aromatic nitrogens is 1. The molecule has 1 aromatic rings. The summed E-state index contributed by atoms with van der Waals surface area (Å²) in [6.45, 7) is 0. The van der Waals surface area contributed by atoms with Crippen LogP contribution in [0.3, 0.4) is 0 Å². The first-order chi connectivity index (χ1) is 6.77. The zero-order valence-electron chi connectivity index (χ0n) is 7.80. The molecule has 0 aliphatic heterocycles. The van der Waals surface area contributed by atoms with Gasteiger partial charge in [0.25, 0.3) is 0 Å². The van der Waals surface area contributed by atoms with Crippen LogP contribution in [0.2, 0.25) is 0 Å². The van der Waals surface area contributed by atoms with Gasteiger partial charge in [0.1, 0.15) is 0 Å². The van der Waals surface area contributed by atoms with Gasteiger partial charge in [0.15, 0.2) is 0 Å². The van der Waals surface area contributed by atoms with E-state index in [4.69, 9.17) is 0 Å². The van der Waals surface area contributed by atoms with Crippen molar-refractivity contribution in [2.45, 2.75) is 0 Å². The van der Waals surface area contributed by atoms with Crippen LogP contribution in [-0.2, 0) is 4.74 Å². The second-order valence-corrected chi connectivity index (χ2v) is 2.91. The predicted molar refractivity (Wildman–Crippen MR) is 58.5 cm³/mol. The molecule has 74 valence electrons. The van der Waals surface area contributed by atoms with Crippen LogP contribution in [0.5, 0.6) is 0 Å². The number of ether oxygens (including phenoxy) is 1. The Morgan fingerprint density at radius 1 is 1.71 bits per heavy atom. The molecule has 0 N–H and O–H groups in total. The number of hydrogen-bond donors (Lipinski definition) is 1. The molecule has 0 atom stereocenters. The van der Waals surface area contributed by atoms with Gasteiger partial charge < -0.3 is 4.74 Å². The van der Waals surface area contributed by atoms with Gasteiger partial charge in [-0.25, -0.2) is 4.79 Å². The van der Waals surface area contributed by atoms with Crippen molar-refractivity contribution in [2.75, 3.05) is 12.9 Å². The maximum Gasteiger partial charge on any atom is 0.337 e. The molecule has 1 heterocycles. The van der Waals surface area contributed by atoms with Gasteiger partial charge in [0.2, 0.25) is 0 Å². The summed E-state index contributed by atoms with van der Waals surface area (Å²) in [5.74, 6) is 0.289. The maximum atomic E-state index is 11.2. The van der Waals surface area contributed by atoms with E-state index in [0.29, 0.717) is 11.3 Å². The Balaban J connectivity index is 2.89. The second-order valence-electron chi connectivity index (χ2n) is 2.55. The van der Waals surface area contributed by atoms with Crippen LogP contribution in [0.25, 0.3) is 6.08 Å². The lowest BCUT2D eigenvalue weighted by atomic mass is 10.2. The average Bonchev–Trinajstić information content (AvgIpc) is 2.25. The monoisotopic (exact) mass is 209 g/mol. The Kier molecular flexibility index (Phi) is 4.19. The molecule has 0 radical (unpaired) electrons. The van der Waals surface area contributed by atoms with Crippen LogP contribution in [0.1, 0.15) is 16.1 Å². The minimum absolute atomic E-state index is 0.354. The third-order valence-corrected chi connectivity index (χ3v) is 1.81. The molecule has 14 heavy (non-hydrogen) atoms. The summed E-state index contributed by atoms with van der Waals surface area (Å²) in [6, 6.07) is 3.29. The normalized spacial score (nSPS) is 10.4. The van der Waals surface area contributed by atoms with Gasteiger partial charge in [-0.05, 0) is 18.2 Å². The van der Waals surface area contributed by atoms with Crippen molar-refractivity contribution < 1.29 is 9.53 Å². The topological polar surface area (TPSA) is 39.2 Å². The first-order valence-electron chi connectivity index (χ1n) is 4.09. The number of pyridine rings is 1. The molecule has 0 unspecified atom stereocenters. The molecular weight excluding hydrogens is 198 g/mol. The number of thiol groups is 1. The van der Waals surface area contributed by atoms with E-state index in [9.17, 15) is 4.79 Å². The highest BCUT2D eigenvalue weighted by molar-refractivity contribution is 7.80. The van der Waals surface area contributed by atoms with E-state index < -0.39 is 0 Å². The van der Waals surface area contributed by atoms with Gasteiger partial charge in [0, 0.05) is 11.9 Å². The SMILES string of the molecule is COC(=O)c1ccnc(C=CCS)c1. The zero-order chi connectivity index (χ0) is 10.4. The van der Waals surface area contributed by atoms with Crippen molar-refractivity contribution in [2.24, 2.45) is 0 Å². The Hall–Kier alpha value is -1.29. The number of hydrogen-bond acceptors (Lipinski definition) is 4. The van der Waals surface area contributed by atoms with E-state index in [1.54, 1.807) is 24.4 Å². The zero-order valence-corrected chi connectivity index (χ0v) is 8.70. The summed E-state index contributed by atoms with van der Waals surface area (Å²) in [6.07, 6.45) is 5.23. The van der Waals surface area contributed by atoms with E-state index in [-0.39, 0.29) is 5.97 Å². The van der Waals surface area contributed by atoms with E-state index in [2.05, 4.69) is 22.3 Å². The molecule has 1 aromatic heterocycles. The van der Waals surface area contributed by atoms with Gasteiger partial charge in [-0.1, -0.05) is 6.08 Å². The summed E-state index contributed by atoms with van der Waals surface area (Å²) in [5, 5.41) is 0. The van der Waals surface area contributed by atoms with Gasteiger partial charge >= 0.3 is 5.97 Å². The first kappa shape index (κ1) is 10.8. The molecule has 0 spiro atoms. The third-order valence-electron chi connectivity index (χ3n) is 1.60. The minimum Gasteiger partial charge on any atom is -0.465 e. The van der Waals surface area contributed by atoms with Crippen molar-refractivity contribution >= 4 is 24.7 Å². The molecule has 0 aliphatic carbocycles. The molecule has 0 saturated heterocycles. The average molecular weight is 209 g/mol. The van der Waals surface area contributed by atoms with Gasteiger partial charge in [-0.3, -0.25) is 4.98 Å². The highest BCUT2D eigenvalue weighted by atomic mass is 32.1. The Morgan fingerprint density at radius 2 is 2.50 bits per heavy atom. The van der Waals surface area contributed by atoms with Crippen LogP contribution >= 0.6 is 12.6 Å². The fourth-order valence-electron chi connectivity index (χ4n) is 0.958. The highest BCUT2D eigenvalue weighted by Crippen LogP contribution is 2.05. The highest BCUT2D eigenvalue weighted by Gasteiger charge is 2.04. The van der Waals surface area contributed by atoms with Crippen LogP contribution in [0, 0.1) is 0 Å². The Morgan fingerprint density at radius 3 is 3.14 bits per heavy atom. The molecule has 0 bridgehead atoms. The number of methoxy groups -OCH3 is 1. The molecule has 4 heteroatoms. The second kappa shape index (κ2) is 5.44. The molecule has 0 saturated carbocycles. The molecule has 0 aromatic carbocycles. The number of nitrogens with zero attached hydrogens (tertiary/aromatic N) is 1. The summed E-state index contributed by atoms with van der Waals surface area (Å²) in [5.41, 5.74) is 1.23. The van der Waals surface area contributed by atoms with E-state index in [1.165, 1.54) is 7.11 Å². The lowest BCUT2D eigenvalue weighted by Crippen LogP contribution is -2.01. The van der Waals surface area contributed by atoms with E-state index >= 15 is 0 Å². The Bertz CT molecular complexity index is 350. The largest absolute Gasteiger partial charge is 0.465 e.